The molecule has 1 aromatic heterocycles. The van der Waals surface area contributed by atoms with Crippen LogP contribution in [0.25, 0.3) is 10.1 Å². The summed E-state index contributed by atoms with van der Waals surface area (Å²) in [7, 11) is -5.65. The van der Waals surface area contributed by atoms with Gasteiger partial charge in [-0.25, -0.2) is 12.8 Å². The number of rotatable bonds is 8. The molecule has 0 atom stereocenters. The van der Waals surface area contributed by atoms with Crippen LogP contribution in [0, 0.1) is 11.8 Å². The van der Waals surface area contributed by atoms with Gasteiger partial charge < -0.3 is 19.9 Å². The third-order valence-electron chi connectivity index (χ3n) is 6.48. The van der Waals surface area contributed by atoms with Crippen molar-refractivity contribution in [1.29, 1.82) is 0 Å². The molecule has 6 nitrogen and oxygen atoms in total. The highest BCUT2D eigenvalue weighted by atomic mass is 32.2. The van der Waals surface area contributed by atoms with Gasteiger partial charge >= 0.3 is 6.18 Å². The molecule has 0 radical (unpaired) electrons. The lowest BCUT2D eigenvalue weighted by atomic mass is 10.1. The highest BCUT2D eigenvalue weighted by Crippen LogP contribution is 2.40. The molecule has 0 amide bonds. The van der Waals surface area contributed by atoms with Crippen molar-refractivity contribution in [1.82, 2.24) is 0 Å². The Kier molecular flexibility index (Phi) is 9.08. The standard InChI is InChI=1S/C27H29F4N2O4PS2/c1-38(2,34)19-8-9-22(24(15-19)37-17-28)32-12-4-7-25-21(16-27(29,30)31)20-5-3-6-23(26(20)39-25)33-18-10-13-40(35,36)14-11-18/h3,5-6,8-9,15,18,32-33H,10-14,16-17H2,1-2H3. The molecule has 2 heterocycles. The summed E-state index contributed by atoms with van der Waals surface area (Å²) in [4.78, 5) is 0.281. The summed E-state index contributed by atoms with van der Waals surface area (Å²) in [5, 5.41) is 7.29. The zero-order valence-corrected chi connectivity index (χ0v) is 24.4. The number of ether oxygens (including phenoxy) is 1. The lowest BCUT2D eigenvalue weighted by molar-refractivity contribution is -0.126. The summed E-state index contributed by atoms with van der Waals surface area (Å²) < 4.78 is 95.1. The van der Waals surface area contributed by atoms with Gasteiger partial charge in [0.15, 0.2) is 0 Å². The molecule has 0 bridgehead atoms. The second-order valence-electron chi connectivity index (χ2n) is 9.89. The summed E-state index contributed by atoms with van der Waals surface area (Å²) in [6, 6.07) is 9.74. The van der Waals surface area contributed by atoms with Crippen molar-refractivity contribution in [3.63, 3.8) is 0 Å². The predicted octanol–water partition coefficient (Wildman–Crippen LogP) is 6.01. The summed E-state index contributed by atoms with van der Waals surface area (Å²) in [5.74, 6) is 6.03. The molecule has 1 aliphatic rings. The minimum atomic E-state index is -4.44. The Labute approximate surface area is 234 Å². The van der Waals surface area contributed by atoms with Crippen LogP contribution < -0.4 is 20.7 Å². The zero-order chi connectivity index (χ0) is 29.1. The van der Waals surface area contributed by atoms with Crippen LogP contribution in [0.2, 0.25) is 0 Å². The van der Waals surface area contributed by atoms with E-state index in [4.69, 9.17) is 4.74 Å². The van der Waals surface area contributed by atoms with Crippen molar-refractivity contribution in [2.24, 2.45) is 0 Å². The Balaban J connectivity index is 1.60. The Morgan fingerprint density at radius 1 is 1.12 bits per heavy atom. The van der Waals surface area contributed by atoms with Gasteiger partial charge in [-0.2, -0.15) is 13.2 Å². The quantitative estimate of drug-likeness (QED) is 0.183. The number of alkyl halides is 4. The predicted molar refractivity (Wildman–Crippen MR) is 154 cm³/mol. The van der Waals surface area contributed by atoms with E-state index in [2.05, 4.69) is 22.5 Å². The van der Waals surface area contributed by atoms with Gasteiger partial charge in [0, 0.05) is 11.3 Å². The molecule has 216 valence electrons. The molecule has 0 spiro atoms. The van der Waals surface area contributed by atoms with Crippen LogP contribution in [0.1, 0.15) is 23.3 Å². The van der Waals surface area contributed by atoms with Gasteiger partial charge in [-0.3, -0.25) is 0 Å². The average Bonchev–Trinajstić information content (AvgIpc) is 3.20. The number of sulfone groups is 1. The Hall–Kier alpha value is -2.74. The lowest BCUT2D eigenvalue weighted by Gasteiger charge is -2.24. The molecule has 3 aromatic rings. The lowest BCUT2D eigenvalue weighted by Crippen LogP contribution is -2.32. The number of thiophene rings is 1. The zero-order valence-electron chi connectivity index (χ0n) is 21.9. The van der Waals surface area contributed by atoms with Crippen LogP contribution in [0.3, 0.4) is 0 Å². The molecule has 0 unspecified atom stereocenters. The number of benzene rings is 2. The third-order valence-corrected chi connectivity index (χ3v) is 10.9. The van der Waals surface area contributed by atoms with Gasteiger partial charge in [-0.05, 0) is 61.4 Å². The smallest absolute Gasteiger partial charge is 0.393 e. The molecule has 40 heavy (non-hydrogen) atoms. The van der Waals surface area contributed by atoms with Crippen LogP contribution in [-0.2, 0) is 20.8 Å². The first-order chi connectivity index (χ1) is 18.8. The molecular weight excluding hydrogens is 587 g/mol. The van der Waals surface area contributed by atoms with Crippen molar-refractivity contribution in [2.45, 2.75) is 31.5 Å². The fourth-order valence-electron chi connectivity index (χ4n) is 4.45. The number of halogens is 4. The van der Waals surface area contributed by atoms with Gasteiger partial charge in [0.25, 0.3) is 0 Å². The first kappa shape index (κ1) is 30.2. The molecule has 0 aliphatic carbocycles. The first-order valence-corrected chi connectivity index (χ1v) is 17.7. The average molecular weight is 617 g/mol. The highest BCUT2D eigenvalue weighted by Gasteiger charge is 2.31. The van der Waals surface area contributed by atoms with E-state index in [1.807, 2.05) is 0 Å². The number of hydrogen-bond acceptors (Lipinski definition) is 7. The minimum absolute atomic E-state index is 0.0409. The van der Waals surface area contributed by atoms with Crippen LogP contribution in [-0.4, -0.2) is 58.9 Å². The largest absolute Gasteiger partial charge is 0.461 e. The van der Waals surface area contributed by atoms with E-state index in [1.165, 1.54) is 6.07 Å². The summed E-state index contributed by atoms with van der Waals surface area (Å²) in [6.45, 7) is 2.13. The summed E-state index contributed by atoms with van der Waals surface area (Å²) >= 11 is 1.15. The van der Waals surface area contributed by atoms with Crippen LogP contribution >= 0.6 is 18.5 Å². The van der Waals surface area contributed by atoms with E-state index in [1.54, 1.807) is 43.7 Å². The Morgan fingerprint density at radius 2 is 1.85 bits per heavy atom. The number of anilines is 2. The minimum Gasteiger partial charge on any atom is -0.461 e. The third kappa shape index (κ3) is 7.71. The van der Waals surface area contributed by atoms with E-state index >= 15 is 0 Å². The van der Waals surface area contributed by atoms with Crippen molar-refractivity contribution in [3.8, 4) is 17.6 Å². The van der Waals surface area contributed by atoms with Crippen LogP contribution in [0.5, 0.6) is 5.75 Å². The molecule has 4 rings (SSSR count). The fraction of sp³-hybridized carbons (Fsp3) is 0.407. The molecule has 2 aromatic carbocycles. The summed E-state index contributed by atoms with van der Waals surface area (Å²) in [6.07, 6.45) is -4.72. The van der Waals surface area contributed by atoms with Crippen molar-refractivity contribution >= 4 is 55.1 Å². The molecule has 1 saturated heterocycles. The van der Waals surface area contributed by atoms with E-state index in [0.29, 0.717) is 39.6 Å². The van der Waals surface area contributed by atoms with Crippen molar-refractivity contribution < 1.29 is 35.3 Å². The second kappa shape index (κ2) is 12.0. The molecule has 1 aliphatic heterocycles. The maximum atomic E-state index is 13.5. The SMILES string of the molecule is CP(C)(=O)c1ccc(NCC#Cc2sc3c(NC4CCS(=O)(=O)CC4)cccc3c2CC(F)(F)F)c(OCF)c1. The Morgan fingerprint density at radius 3 is 2.50 bits per heavy atom. The van der Waals surface area contributed by atoms with E-state index in [-0.39, 0.29) is 40.3 Å². The molecular formula is C27H29F4N2O4PS2. The van der Waals surface area contributed by atoms with E-state index in [0.717, 1.165) is 11.3 Å². The van der Waals surface area contributed by atoms with Crippen molar-refractivity contribution in [2.75, 3.05) is 48.9 Å². The monoisotopic (exact) mass is 616 g/mol. The molecule has 0 saturated carbocycles. The highest BCUT2D eigenvalue weighted by molar-refractivity contribution is 7.91. The van der Waals surface area contributed by atoms with E-state index < -0.39 is 36.4 Å². The molecule has 2 N–H and O–H groups in total. The van der Waals surface area contributed by atoms with Gasteiger partial charge in [0.05, 0.1) is 45.4 Å². The normalized spacial score (nSPS) is 15.8. The second-order valence-corrected chi connectivity index (χ2v) is 16.4. The number of nitrogens with one attached hydrogen (secondary N) is 2. The molecule has 1 fully saturated rings. The fourth-order valence-corrected chi connectivity index (χ4v) is 7.97. The van der Waals surface area contributed by atoms with E-state index in [9.17, 15) is 30.5 Å². The summed E-state index contributed by atoms with van der Waals surface area (Å²) in [5.41, 5.74) is 1.15. The van der Waals surface area contributed by atoms with Crippen LogP contribution in [0.15, 0.2) is 36.4 Å². The van der Waals surface area contributed by atoms with Gasteiger partial charge in [-0.15, -0.1) is 11.3 Å². The van der Waals surface area contributed by atoms with Crippen molar-refractivity contribution in [3.05, 3.63) is 46.8 Å². The maximum absolute atomic E-state index is 13.5. The number of fused-ring (bicyclic) bond motifs is 1. The van der Waals surface area contributed by atoms with Gasteiger partial charge in [-0.1, -0.05) is 24.0 Å². The first-order valence-electron chi connectivity index (χ1n) is 12.4. The Bertz CT molecular complexity index is 1590. The van der Waals surface area contributed by atoms with Gasteiger partial charge in [0.2, 0.25) is 6.86 Å². The topological polar surface area (TPSA) is 84.5 Å². The maximum Gasteiger partial charge on any atom is 0.393 e. The number of hydrogen-bond donors (Lipinski definition) is 2. The van der Waals surface area contributed by atoms with Crippen LogP contribution in [0.4, 0.5) is 28.9 Å². The molecule has 13 heteroatoms. The van der Waals surface area contributed by atoms with Gasteiger partial charge in [0.1, 0.15) is 22.7 Å².